The van der Waals surface area contributed by atoms with Crippen molar-refractivity contribution in [1.29, 1.82) is 5.26 Å². The van der Waals surface area contributed by atoms with E-state index in [1.54, 1.807) is 16.7 Å². The maximum Gasteiger partial charge on any atom is 0.332 e. The van der Waals surface area contributed by atoms with Gasteiger partial charge in [-0.1, -0.05) is 43.5 Å². The summed E-state index contributed by atoms with van der Waals surface area (Å²) in [5, 5.41) is 13.7. The highest BCUT2D eigenvalue weighted by Crippen LogP contribution is 2.24. The second-order valence-electron chi connectivity index (χ2n) is 8.52. The first-order valence-electron chi connectivity index (χ1n) is 11.6. The molecule has 0 saturated heterocycles. The normalized spacial score (nSPS) is 12.4. The van der Waals surface area contributed by atoms with Gasteiger partial charge in [-0.05, 0) is 42.5 Å². The zero-order valence-corrected chi connectivity index (χ0v) is 20.0. The van der Waals surface area contributed by atoms with Crippen LogP contribution >= 0.6 is 11.6 Å². The first kappa shape index (κ1) is 23.7. The number of rotatable bonds is 10. The lowest BCUT2D eigenvalue weighted by Gasteiger charge is -2.14. The molecular weight excluding hydrogens is 452 g/mol. The van der Waals surface area contributed by atoms with Gasteiger partial charge < -0.3 is 0 Å². The second-order valence-corrected chi connectivity index (χ2v) is 8.96. The molecule has 0 N–H and O–H groups in total. The van der Waals surface area contributed by atoms with Crippen LogP contribution in [0, 0.1) is 11.3 Å². The molecule has 0 spiro atoms. The summed E-state index contributed by atoms with van der Waals surface area (Å²) in [6.07, 6.45) is 8.30. The summed E-state index contributed by atoms with van der Waals surface area (Å²) in [6, 6.07) is 9.54. The van der Waals surface area contributed by atoms with Gasteiger partial charge in [0.15, 0.2) is 0 Å². The lowest BCUT2D eigenvalue weighted by Crippen LogP contribution is -2.41. The van der Waals surface area contributed by atoms with Crippen LogP contribution in [0.5, 0.6) is 0 Å². The molecule has 176 valence electrons. The van der Waals surface area contributed by atoms with E-state index in [-0.39, 0.29) is 17.7 Å². The molecule has 8 nitrogen and oxygen atoms in total. The monoisotopic (exact) mass is 478 g/mol. The summed E-state index contributed by atoms with van der Waals surface area (Å²) in [5.74, 6) is 0.427. The van der Waals surface area contributed by atoms with Crippen LogP contribution in [-0.2, 0) is 32.5 Å². The van der Waals surface area contributed by atoms with Crippen molar-refractivity contribution >= 4 is 22.6 Å². The Hall–Kier alpha value is -3.44. The summed E-state index contributed by atoms with van der Waals surface area (Å²) in [5.41, 5.74) is 2.63. The average Bonchev–Trinajstić information content (AvgIpc) is 3.45. The van der Waals surface area contributed by atoms with Crippen molar-refractivity contribution in [3.63, 3.8) is 0 Å². The number of halogens is 1. The van der Waals surface area contributed by atoms with Crippen molar-refractivity contribution in [2.75, 3.05) is 0 Å². The van der Waals surface area contributed by atoms with Crippen LogP contribution in [-0.4, -0.2) is 24.1 Å². The molecule has 0 atom stereocenters. The predicted molar refractivity (Wildman–Crippen MR) is 132 cm³/mol. The SMILES string of the molecule is CCCCCn1c2c(c(=O)n(CCCc3cnn(Cc4ccc(C#N)cc4)c3)c1=O)CC(Cl)=N2. The second kappa shape index (κ2) is 10.7. The number of nitrogens with zero attached hydrogens (tertiary/aromatic N) is 6. The molecule has 0 unspecified atom stereocenters. The third-order valence-electron chi connectivity index (χ3n) is 5.99. The molecule has 0 saturated carbocycles. The van der Waals surface area contributed by atoms with Crippen LogP contribution in [0.4, 0.5) is 5.82 Å². The molecule has 0 radical (unpaired) electrons. The van der Waals surface area contributed by atoms with Crippen molar-refractivity contribution in [3.8, 4) is 6.07 Å². The first-order chi connectivity index (χ1) is 16.5. The molecular formula is C25H27ClN6O2. The fourth-order valence-corrected chi connectivity index (χ4v) is 4.39. The smallest absolute Gasteiger partial charge is 0.278 e. The minimum absolute atomic E-state index is 0.284. The van der Waals surface area contributed by atoms with Gasteiger partial charge in [0.05, 0.1) is 29.9 Å². The van der Waals surface area contributed by atoms with Crippen LogP contribution in [0.15, 0.2) is 51.2 Å². The maximum atomic E-state index is 13.1. The number of hydrogen-bond acceptors (Lipinski definition) is 5. The number of nitriles is 1. The topological polar surface area (TPSA) is 98.0 Å². The van der Waals surface area contributed by atoms with Crippen molar-refractivity contribution in [2.24, 2.45) is 4.99 Å². The Balaban J connectivity index is 1.44. The number of hydrogen-bond donors (Lipinski definition) is 0. The summed E-state index contributed by atoms with van der Waals surface area (Å²) in [4.78, 5) is 30.4. The molecule has 9 heteroatoms. The molecule has 1 aliphatic heterocycles. The number of aryl methyl sites for hydroxylation is 1. The summed E-state index contributed by atoms with van der Waals surface area (Å²) in [6.45, 7) is 3.58. The Kier molecular flexibility index (Phi) is 7.43. The number of benzene rings is 1. The molecule has 3 heterocycles. The van der Waals surface area contributed by atoms with Gasteiger partial charge in [0.2, 0.25) is 0 Å². The van der Waals surface area contributed by atoms with Crippen molar-refractivity contribution in [2.45, 2.75) is 65.1 Å². The van der Waals surface area contributed by atoms with Crippen LogP contribution in [0.3, 0.4) is 0 Å². The van der Waals surface area contributed by atoms with Crippen LogP contribution in [0.25, 0.3) is 0 Å². The molecule has 1 aliphatic rings. The molecule has 0 aliphatic carbocycles. The lowest BCUT2D eigenvalue weighted by molar-refractivity contribution is 0.513. The fourth-order valence-electron chi connectivity index (χ4n) is 4.18. The molecule has 3 aromatic rings. The molecule has 0 bridgehead atoms. The van der Waals surface area contributed by atoms with Crippen LogP contribution in [0.2, 0.25) is 0 Å². The Morgan fingerprint density at radius 2 is 1.82 bits per heavy atom. The van der Waals surface area contributed by atoms with Gasteiger partial charge in [-0.15, -0.1) is 0 Å². The predicted octanol–water partition coefficient (Wildman–Crippen LogP) is 3.77. The maximum absolute atomic E-state index is 13.1. The van der Waals surface area contributed by atoms with E-state index in [1.807, 2.05) is 29.2 Å². The van der Waals surface area contributed by atoms with Crippen LogP contribution in [0.1, 0.15) is 54.9 Å². The third kappa shape index (κ3) is 5.20. The van der Waals surface area contributed by atoms with Gasteiger partial charge in [-0.2, -0.15) is 10.4 Å². The van der Waals surface area contributed by atoms with Gasteiger partial charge in [0, 0.05) is 25.7 Å². The summed E-state index contributed by atoms with van der Waals surface area (Å²) < 4.78 is 4.78. The van der Waals surface area contributed by atoms with Gasteiger partial charge in [-0.25, -0.2) is 9.79 Å². The van der Waals surface area contributed by atoms with Gasteiger partial charge >= 0.3 is 5.69 Å². The number of fused-ring (bicyclic) bond motifs is 1. The van der Waals surface area contributed by atoms with E-state index in [0.717, 1.165) is 30.4 Å². The van der Waals surface area contributed by atoms with E-state index in [4.69, 9.17) is 16.9 Å². The highest BCUT2D eigenvalue weighted by molar-refractivity contribution is 6.66. The van der Waals surface area contributed by atoms with Gasteiger partial charge in [-0.3, -0.25) is 18.6 Å². The average molecular weight is 479 g/mol. The highest BCUT2D eigenvalue weighted by atomic mass is 35.5. The summed E-state index contributed by atoms with van der Waals surface area (Å²) in [7, 11) is 0. The summed E-state index contributed by atoms with van der Waals surface area (Å²) >= 11 is 6.11. The minimum Gasteiger partial charge on any atom is -0.278 e. The Morgan fingerprint density at radius 1 is 1.06 bits per heavy atom. The molecule has 0 fully saturated rings. The van der Waals surface area contributed by atoms with E-state index in [1.165, 1.54) is 4.57 Å². The lowest BCUT2D eigenvalue weighted by atomic mass is 10.1. The third-order valence-corrected chi connectivity index (χ3v) is 6.21. The fraction of sp³-hybridized carbons (Fsp3) is 0.400. The van der Waals surface area contributed by atoms with Gasteiger partial charge in [0.1, 0.15) is 11.0 Å². The van der Waals surface area contributed by atoms with E-state index in [0.29, 0.717) is 54.6 Å². The first-order valence-corrected chi connectivity index (χ1v) is 12.0. The Labute approximate surface area is 202 Å². The Bertz CT molecular complexity index is 1360. The van der Waals surface area contributed by atoms with E-state index in [9.17, 15) is 9.59 Å². The zero-order valence-electron chi connectivity index (χ0n) is 19.2. The van der Waals surface area contributed by atoms with E-state index in [2.05, 4.69) is 23.1 Å². The standard InChI is InChI=1S/C25H27ClN6O2/c1-2-3-4-11-31-23-21(13-22(26)29-23)24(33)32(25(31)34)12-5-6-20-15-28-30(17-20)16-19-9-7-18(14-27)8-10-19/h7-10,15,17H,2-6,11-13,16H2,1H3. The molecule has 4 rings (SSSR count). The largest absolute Gasteiger partial charge is 0.332 e. The number of aliphatic imine (C=N–C) groups is 1. The van der Waals surface area contributed by atoms with Crippen molar-refractivity contribution in [3.05, 3.63) is 79.8 Å². The minimum atomic E-state index is -0.313. The van der Waals surface area contributed by atoms with E-state index >= 15 is 0 Å². The zero-order chi connectivity index (χ0) is 24.1. The van der Waals surface area contributed by atoms with Crippen molar-refractivity contribution in [1.82, 2.24) is 18.9 Å². The molecule has 34 heavy (non-hydrogen) atoms. The van der Waals surface area contributed by atoms with Gasteiger partial charge in [0.25, 0.3) is 5.56 Å². The molecule has 2 aromatic heterocycles. The Morgan fingerprint density at radius 3 is 2.56 bits per heavy atom. The molecule has 1 aromatic carbocycles. The molecule has 0 amide bonds. The van der Waals surface area contributed by atoms with E-state index < -0.39 is 0 Å². The van der Waals surface area contributed by atoms with Crippen LogP contribution < -0.4 is 11.2 Å². The quantitative estimate of drug-likeness (QED) is 0.414. The van der Waals surface area contributed by atoms with Crippen molar-refractivity contribution < 1.29 is 0 Å². The number of aromatic nitrogens is 4. The highest BCUT2D eigenvalue weighted by Gasteiger charge is 2.24. The number of unbranched alkanes of at least 4 members (excludes halogenated alkanes) is 2.